The van der Waals surface area contributed by atoms with Gasteiger partial charge in [-0.2, -0.15) is 15.4 Å². The third kappa shape index (κ3) is 3.62. The van der Waals surface area contributed by atoms with Crippen molar-refractivity contribution < 1.29 is 14.3 Å². The average Bonchev–Trinajstić information content (AvgIpc) is 2.92. The summed E-state index contributed by atoms with van der Waals surface area (Å²) in [7, 11) is 1.57. The maximum Gasteiger partial charge on any atom is 0.276 e. The third-order valence-electron chi connectivity index (χ3n) is 4.31. The molecule has 2 heterocycles. The van der Waals surface area contributed by atoms with Crippen LogP contribution in [0.1, 0.15) is 33.0 Å². The van der Waals surface area contributed by atoms with Crippen molar-refractivity contribution in [2.45, 2.75) is 13.3 Å². The summed E-state index contributed by atoms with van der Waals surface area (Å²) in [5, 5.41) is 10.3. The normalized spacial score (nSPS) is 15.0. The molecule has 1 aliphatic heterocycles. The van der Waals surface area contributed by atoms with E-state index in [-0.39, 0.29) is 11.8 Å². The Labute approximate surface area is 145 Å². The molecule has 8 nitrogen and oxygen atoms in total. The lowest BCUT2D eigenvalue weighted by Gasteiger charge is -2.22. The molecule has 0 aliphatic carbocycles. The van der Waals surface area contributed by atoms with Crippen LogP contribution < -0.4 is 4.74 Å². The molecule has 2 aromatic rings. The van der Waals surface area contributed by atoms with E-state index in [1.807, 2.05) is 0 Å². The summed E-state index contributed by atoms with van der Waals surface area (Å²) in [6.07, 6.45) is 0.721. The van der Waals surface area contributed by atoms with Crippen molar-refractivity contribution in [3.63, 3.8) is 0 Å². The second-order valence-electron chi connectivity index (χ2n) is 5.93. The van der Waals surface area contributed by atoms with E-state index in [9.17, 15) is 9.59 Å². The molecule has 0 spiro atoms. The Morgan fingerprint density at radius 1 is 1.08 bits per heavy atom. The summed E-state index contributed by atoms with van der Waals surface area (Å²) < 4.78 is 5.18. The lowest BCUT2D eigenvalue weighted by molar-refractivity contribution is 0.0715. The number of aryl methyl sites for hydroxylation is 1. The van der Waals surface area contributed by atoms with Gasteiger partial charge in [-0.25, -0.2) is 0 Å². The number of aromatic nitrogens is 3. The predicted molar refractivity (Wildman–Crippen MR) is 90.5 cm³/mol. The van der Waals surface area contributed by atoms with Crippen LogP contribution >= 0.6 is 0 Å². The Bertz CT molecular complexity index is 773. The zero-order valence-corrected chi connectivity index (χ0v) is 14.4. The van der Waals surface area contributed by atoms with Gasteiger partial charge in [0.05, 0.1) is 12.8 Å². The molecular weight excluding hydrogens is 322 g/mol. The van der Waals surface area contributed by atoms with Gasteiger partial charge in [0.1, 0.15) is 5.75 Å². The van der Waals surface area contributed by atoms with Gasteiger partial charge in [-0.1, -0.05) is 6.07 Å². The Kier molecular flexibility index (Phi) is 4.97. The minimum Gasteiger partial charge on any atom is -0.497 e. The van der Waals surface area contributed by atoms with Crippen LogP contribution in [0.25, 0.3) is 0 Å². The standard InChI is InChI=1S/C17H21N5O3/c1-12-15(19-20-18-12)17(24)22-8-4-7-21(9-10-22)16(23)13-5-3-6-14(11-13)25-2/h3,5-6,11H,4,7-10H2,1-2H3,(H,18,19,20). The van der Waals surface area contributed by atoms with E-state index in [4.69, 9.17) is 4.74 Å². The molecule has 2 amide bonds. The van der Waals surface area contributed by atoms with Gasteiger partial charge in [0.2, 0.25) is 0 Å². The molecule has 3 rings (SSSR count). The maximum atomic E-state index is 12.7. The highest BCUT2D eigenvalue weighted by atomic mass is 16.5. The molecule has 0 atom stereocenters. The first kappa shape index (κ1) is 16.9. The van der Waals surface area contributed by atoms with E-state index in [1.165, 1.54) is 0 Å². The average molecular weight is 343 g/mol. The van der Waals surface area contributed by atoms with E-state index in [0.717, 1.165) is 6.42 Å². The molecule has 1 aliphatic rings. The quantitative estimate of drug-likeness (QED) is 0.901. The molecule has 132 valence electrons. The van der Waals surface area contributed by atoms with Gasteiger partial charge in [0.25, 0.3) is 11.8 Å². The van der Waals surface area contributed by atoms with Crippen LogP contribution in [0.4, 0.5) is 0 Å². The second kappa shape index (κ2) is 7.33. The number of ether oxygens (including phenoxy) is 1. The number of nitrogens with zero attached hydrogens (tertiary/aromatic N) is 4. The number of rotatable bonds is 3. The molecule has 0 unspecified atom stereocenters. The highest BCUT2D eigenvalue weighted by Crippen LogP contribution is 2.16. The summed E-state index contributed by atoms with van der Waals surface area (Å²) in [5.74, 6) is 0.451. The lowest BCUT2D eigenvalue weighted by Crippen LogP contribution is -2.37. The van der Waals surface area contributed by atoms with Gasteiger partial charge in [0, 0.05) is 31.7 Å². The minimum absolute atomic E-state index is 0.0502. The molecule has 0 bridgehead atoms. The van der Waals surface area contributed by atoms with E-state index in [2.05, 4.69) is 15.4 Å². The summed E-state index contributed by atoms with van der Waals surface area (Å²) >= 11 is 0. The first-order valence-electron chi connectivity index (χ1n) is 8.20. The molecule has 1 aromatic heterocycles. The summed E-state index contributed by atoms with van der Waals surface area (Å²) in [5.41, 5.74) is 1.51. The Hall–Kier alpha value is -2.90. The summed E-state index contributed by atoms with van der Waals surface area (Å²) in [6, 6.07) is 7.11. The molecule has 1 aromatic carbocycles. The van der Waals surface area contributed by atoms with Crippen LogP contribution in [-0.4, -0.2) is 70.3 Å². The smallest absolute Gasteiger partial charge is 0.276 e. The number of carbonyl (C=O) groups excluding carboxylic acids is 2. The summed E-state index contributed by atoms with van der Waals surface area (Å²) in [4.78, 5) is 28.8. The number of carbonyl (C=O) groups is 2. The molecule has 1 fully saturated rings. The van der Waals surface area contributed by atoms with E-state index in [0.29, 0.717) is 48.9 Å². The summed E-state index contributed by atoms with van der Waals surface area (Å²) in [6.45, 7) is 3.90. The van der Waals surface area contributed by atoms with Crippen molar-refractivity contribution in [3.8, 4) is 5.75 Å². The van der Waals surface area contributed by atoms with Crippen molar-refractivity contribution in [2.24, 2.45) is 0 Å². The molecular formula is C17H21N5O3. The highest BCUT2D eigenvalue weighted by molar-refractivity contribution is 5.95. The van der Waals surface area contributed by atoms with Crippen molar-refractivity contribution in [3.05, 3.63) is 41.2 Å². The molecule has 8 heteroatoms. The number of methoxy groups -OCH3 is 1. The van der Waals surface area contributed by atoms with E-state index >= 15 is 0 Å². The fourth-order valence-corrected chi connectivity index (χ4v) is 2.90. The molecule has 25 heavy (non-hydrogen) atoms. The Morgan fingerprint density at radius 2 is 1.80 bits per heavy atom. The molecule has 1 saturated heterocycles. The van der Waals surface area contributed by atoms with Gasteiger partial charge >= 0.3 is 0 Å². The van der Waals surface area contributed by atoms with Crippen molar-refractivity contribution in [2.75, 3.05) is 33.3 Å². The van der Waals surface area contributed by atoms with E-state index < -0.39 is 0 Å². The fourth-order valence-electron chi connectivity index (χ4n) is 2.90. The van der Waals surface area contributed by atoms with Crippen molar-refractivity contribution >= 4 is 11.8 Å². The Morgan fingerprint density at radius 3 is 2.44 bits per heavy atom. The minimum atomic E-state index is -0.151. The highest BCUT2D eigenvalue weighted by Gasteiger charge is 2.25. The first-order valence-corrected chi connectivity index (χ1v) is 8.20. The van der Waals surface area contributed by atoms with Crippen LogP contribution in [0.15, 0.2) is 24.3 Å². The first-order chi connectivity index (χ1) is 12.1. The Balaban J connectivity index is 1.68. The topological polar surface area (TPSA) is 91.4 Å². The third-order valence-corrected chi connectivity index (χ3v) is 4.31. The van der Waals surface area contributed by atoms with Crippen LogP contribution in [0.3, 0.4) is 0 Å². The van der Waals surface area contributed by atoms with Crippen LogP contribution in [0.5, 0.6) is 5.75 Å². The molecule has 0 saturated carbocycles. The van der Waals surface area contributed by atoms with Crippen molar-refractivity contribution in [1.29, 1.82) is 0 Å². The zero-order valence-electron chi connectivity index (χ0n) is 14.4. The number of aromatic amines is 1. The predicted octanol–water partition coefficient (Wildman–Crippen LogP) is 1.11. The number of amides is 2. The van der Waals surface area contributed by atoms with Gasteiger partial charge in [-0.15, -0.1) is 0 Å². The van der Waals surface area contributed by atoms with Gasteiger partial charge in [-0.05, 0) is 31.5 Å². The number of benzene rings is 1. The number of H-pyrrole nitrogens is 1. The van der Waals surface area contributed by atoms with Crippen molar-refractivity contribution in [1.82, 2.24) is 25.2 Å². The van der Waals surface area contributed by atoms with E-state index in [1.54, 1.807) is 48.1 Å². The second-order valence-corrected chi connectivity index (χ2v) is 5.93. The monoisotopic (exact) mass is 343 g/mol. The van der Waals surface area contributed by atoms with Crippen LogP contribution in [0.2, 0.25) is 0 Å². The largest absolute Gasteiger partial charge is 0.497 e. The van der Waals surface area contributed by atoms with Gasteiger partial charge in [-0.3, -0.25) is 9.59 Å². The SMILES string of the molecule is COc1cccc(C(=O)N2CCCN(C(=O)c3n[nH]nc3C)CC2)c1. The maximum absolute atomic E-state index is 12.7. The number of hydrogen-bond acceptors (Lipinski definition) is 5. The van der Waals surface area contributed by atoms with Crippen LogP contribution in [0, 0.1) is 6.92 Å². The molecule has 0 radical (unpaired) electrons. The lowest BCUT2D eigenvalue weighted by atomic mass is 10.2. The van der Waals surface area contributed by atoms with Gasteiger partial charge in [0.15, 0.2) is 5.69 Å². The zero-order chi connectivity index (χ0) is 17.8. The number of nitrogens with one attached hydrogen (secondary N) is 1. The molecule has 1 N–H and O–H groups in total. The van der Waals surface area contributed by atoms with Crippen LogP contribution in [-0.2, 0) is 0 Å². The number of hydrogen-bond donors (Lipinski definition) is 1. The van der Waals surface area contributed by atoms with Gasteiger partial charge < -0.3 is 14.5 Å². The fraction of sp³-hybridized carbons (Fsp3) is 0.412.